The molecule has 0 fully saturated rings. The van der Waals surface area contributed by atoms with Crippen LogP contribution in [0.2, 0.25) is 0 Å². The Labute approximate surface area is 175 Å². The van der Waals surface area contributed by atoms with E-state index in [4.69, 9.17) is 25.7 Å². The number of nitrogens with two attached hydrogens (primary N) is 2. The molecule has 9 nitrogen and oxygen atoms in total. The minimum Gasteiger partial charge on any atom is -0.456 e. The lowest BCUT2D eigenvalue weighted by atomic mass is 9.92. The Morgan fingerprint density at radius 1 is 1.13 bits per heavy atom. The van der Waals surface area contributed by atoms with Gasteiger partial charge in [-0.1, -0.05) is 12.1 Å². The summed E-state index contributed by atoms with van der Waals surface area (Å²) in [5.41, 5.74) is 12.3. The SMILES string of the molecule is COC(OC)C(CCc1ccc(C(=O)OC(C)(C)C)cc1)c1c(N)nc(N)[nH]c1=O. The van der Waals surface area contributed by atoms with Crippen molar-refractivity contribution < 1.29 is 19.0 Å². The fourth-order valence-corrected chi connectivity index (χ4v) is 3.18. The second-order valence-corrected chi connectivity index (χ2v) is 7.93. The monoisotopic (exact) mass is 418 g/mol. The number of nitrogen functional groups attached to an aromatic ring is 2. The van der Waals surface area contributed by atoms with E-state index in [1.54, 1.807) is 12.1 Å². The molecule has 1 unspecified atom stereocenters. The molecule has 1 atom stereocenters. The lowest BCUT2D eigenvalue weighted by Crippen LogP contribution is -2.31. The zero-order chi connectivity index (χ0) is 22.5. The van der Waals surface area contributed by atoms with Crippen molar-refractivity contribution in [2.24, 2.45) is 0 Å². The molecule has 2 rings (SSSR count). The smallest absolute Gasteiger partial charge is 0.338 e. The first kappa shape index (κ1) is 23.4. The quantitative estimate of drug-likeness (QED) is 0.437. The van der Waals surface area contributed by atoms with Gasteiger partial charge in [-0.2, -0.15) is 4.98 Å². The first-order valence-corrected chi connectivity index (χ1v) is 9.58. The van der Waals surface area contributed by atoms with Gasteiger partial charge in [-0.25, -0.2) is 4.79 Å². The number of ether oxygens (including phenoxy) is 3. The Morgan fingerprint density at radius 3 is 2.23 bits per heavy atom. The number of rotatable bonds is 8. The number of carbonyl (C=O) groups excluding carboxylic acids is 1. The third-order valence-corrected chi connectivity index (χ3v) is 4.50. The van der Waals surface area contributed by atoms with Gasteiger partial charge in [0.15, 0.2) is 6.29 Å². The van der Waals surface area contributed by atoms with Gasteiger partial charge in [0.05, 0.1) is 11.1 Å². The number of anilines is 2. The van der Waals surface area contributed by atoms with Crippen molar-refractivity contribution in [3.8, 4) is 0 Å². The van der Waals surface area contributed by atoms with Crippen LogP contribution < -0.4 is 17.0 Å². The highest BCUT2D eigenvalue weighted by molar-refractivity contribution is 5.89. The highest BCUT2D eigenvalue weighted by Gasteiger charge is 2.28. The molecule has 0 amide bonds. The minimum atomic E-state index is -0.695. The molecule has 0 saturated heterocycles. The van der Waals surface area contributed by atoms with Gasteiger partial charge >= 0.3 is 5.97 Å². The van der Waals surface area contributed by atoms with Crippen molar-refractivity contribution in [3.63, 3.8) is 0 Å². The summed E-state index contributed by atoms with van der Waals surface area (Å²) < 4.78 is 16.2. The second-order valence-electron chi connectivity index (χ2n) is 7.93. The summed E-state index contributed by atoms with van der Waals surface area (Å²) in [5.74, 6) is -0.856. The number of benzene rings is 1. The van der Waals surface area contributed by atoms with Crippen molar-refractivity contribution in [3.05, 3.63) is 51.3 Å². The molecule has 0 radical (unpaired) electrons. The first-order valence-electron chi connectivity index (χ1n) is 9.58. The molecule has 0 aliphatic carbocycles. The van der Waals surface area contributed by atoms with Crippen LogP contribution in [0.4, 0.5) is 11.8 Å². The van der Waals surface area contributed by atoms with Crippen molar-refractivity contribution in [1.29, 1.82) is 0 Å². The van der Waals surface area contributed by atoms with E-state index >= 15 is 0 Å². The first-order chi connectivity index (χ1) is 14.1. The average molecular weight is 418 g/mol. The number of methoxy groups -OCH3 is 2. The van der Waals surface area contributed by atoms with Crippen LogP contribution in [-0.2, 0) is 20.6 Å². The lowest BCUT2D eigenvalue weighted by molar-refractivity contribution is -0.119. The molecule has 0 bridgehead atoms. The van der Waals surface area contributed by atoms with E-state index < -0.39 is 23.4 Å². The maximum atomic E-state index is 12.5. The van der Waals surface area contributed by atoms with E-state index in [-0.39, 0.29) is 23.3 Å². The molecule has 1 heterocycles. The van der Waals surface area contributed by atoms with Crippen LogP contribution in [0.25, 0.3) is 0 Å². The summed E-state index contributed by atoms with van der Waals surface area (Å²) in [6.45, 7) is 5.46. The van der Waals surface area contributed by atoms with E-state index in [9.17, 15) is 9.59 Å². The molecule has 0 aliphatic rings. The van der Waals surface area contributed by atoms with Gasteiger partial charge in [-0.15, -0.1) is 0 Å². The maximum absolute atomic E-state index is 12.5. The standard InChI is InChI=1S/C21H30N4O5/c1-21(2,3)30-18(27)13-9-6-12(7-10-13)8-11-14(19(28-4)29-5)15-16(22)24-20(23)25-17(15)26/h6-7,9-10,14,19H,8,11H2,1-5H3,(H5,22,23,24,25,26). The van der Waals surface area contributed by atoms with Crippen molar-refractivity contribution in [2.45, 2.75) is 51.4 Å². The largest absolute Gasteiger partial charge is 0.456 e. The molecule has 2 aromatic rings. The van der Waals surface area contributed by atoms with E-state index in [0.29, 0.717) is 18.4 Å². The van der Waals surface area contributed by atoms with Gasteiger partial charge in [-0.3, -0.25) is 9.78 Å². The van der Waals surface area contributed by atoms with E-state index in [2.05, 4.69) is 9.97 Å². The van der Waals surface area contributed by atoms with Crippen molar-refractivity contribution in [2.75, 3.05) is 25.7 Å². The van der Waals surface area contributed by atoms with Crippen LogP contribution in [0.5, 0.6) is 0 Å². The Hall–Kier alpha value is -2.91. The minimum absolute atomic E-state index is 0.0422. The summed E-state index contributed by atoms with van der Waals surface area (Å²) in [7, 11) is 2.98. The number of nitrogens with zero attached hydrogens (tertiary/aromatic N) is 1. The molecule has 0 spiro atoms. The number of esters is 1. The Bertz CT molecular complexity index is 914. The van der Waals surface area contributed by atoms with E-state index in [0.717, 1.165) is 5.56 Å². The fourth-order valence-electron chi connectivity index (χ4n) is 3.18. The van der Waals surface area contributed by atoms with Crippen molar-refractivity contribution >= 4 is 17.7 Å². The molecular weight excluding hydrogens is 388 g/mol. The molecule has 1 aromatic carbocycles. The molecular formula is C21H30N4O5. The number of aromatic amines is 1. The predicted molar refractivity (Wildman–Crippen MR) is 114 cm³/mol. The van der Waals surface area contributed by atoms with E-state index in [1.807, 2.05) is 32.9 Å². The summed E-state index contributed by atoms with van der Waals surface area (Å²) in [5, 5.41) is 0. The van der Waals surface area contributed by atoms with Crippen LogP contribution in [0.15, 0.2) is 29.1 Å². The molecule has 30 heavy (non-hydrogen) atoms. The van der Waals surface area contributed by atoms with Gasteiger partial charge in [0.25, 0.3) is 5.56 Å². The zero-order valence-electron chi connectivity index (χ0n) is 18.0. The number of carbonyl (C=O) groups is 1. The topological polar surface area (TPSA) is 143 Å². The Morgan fingerprint density at radius 2 is 1.73 bits per heavy atom. The summed E-state index contributed by atoms with van der Waals surface area (Å²) >= 11 is 0. The Balaban J connectivity index is 2.21. The van der Waals surface area contributed by atoms with Gasteiger partial charge in [-0.05, 0) is 51.3 Å². The number of hydrogen-bond acceptors (Lipinski definition) is 8. The molecule has 5 N–H and O–H groups in total. The van der Waals surface area contributed by atoms with Gasteiger partial charge < -0.3 is 25.7 Å². The van der Waals surface area contributed by atoms with Crippen LogP contribution in [0.1, 0.15) is 54.6 Å². The van der Waals surface area contributed by atoms with Gasteiger partial charge in [0.2, 0.25) is 5.95 Å². The normalized spacial score (nSPS) is 12.7. The highest BCUT2D eigenvalue weighted by atomic mass is 16.7. The van der Waals surface area contributed by atoms with Crippen LogP contribution in [0.3, 0.4) is 0 Å². The van der Waals surface area contributed by atoms with Crippen LogP contribution in [-0.4, -0.2) is 42.0 Å². The molecule has 164 valence electrons. The number of aromatic nitrogens is 2. The zero-order valence-corrected chi connectivity index (χ0v) is 18.0. The Kier molecular flexibility index (Phi) is 7.58. The van der Waals surface area contributed by atoms with Crippen LogP contribution >= 0.6 is 0 Å². The number of aryl methyl sites for hydroxylation is 1. The van der Waals surface area contributed by atoms with Crippen molar-refractivity contribution in [1.82, 2.24) is 9.97 Å². The maximum Gasteiger partial charge on any atom is 0.338 e. The average Bonchev–Trinajstić information content (AvgIpc) is 2.64. The summed E-state index contributed by atoms with van der Waals surface area (Å²) in [6.07, 6.45) is 0.391. The summed E-state index contributed by atoms with van der Waals surface area (Å²) in [6, 6.07) is 7.13. The second kappa shape index (κ2) is 9.73. The molecule has 0 saturated carbocycles. The molecule has 0 aliphatic heterocycles. The summed E-state index contributed by atoms with van der Waals surface area (Å²) in [4.78, 5) is 31.1. The van der Waals surface area contributed by atoms with E-state index in [1.165, 1.54) is 14.2 Å². The molecule has 9 heteroatoms. The molecule has 1 aromatic heterocycles. The van der Waals surface area contributed by atoms with Crippen LogP contribution in [0, 0.1) is 0 Å². The highest BCUT2D eigenvalue weighted by Crippen LogP contribution is 2.28. The predicted octanol–water partition coefficient (Wildman–Crippen LogP) is 2.22. The number of hydrogen-bond donors (Lipinski definition) is 3. The number of nitrogens with one attached hydrogen (secondary N) is 1. The van der Waals surface area contributed by atoms with Gasteiger partial charge in [0.1, 0.15) is 11.4 Å². The lowest BCUT2D eigenvalue weighted by Gasteiger charge is -2.25. The number of H-pyrrole nitrogens is 1. The van der Waals surface area contributed by atoms with Gasteiger partial charge in [0, 0.05) is 20.1 Å². The third kappa shape index (κ3) is 6.04. The third-order valence-electron chi connectivity index (χ3n) is 4.50. The fraction of sp³-hybridized carbons (Fsp3) is 0.476.